The molecule has 0 aliphatic rings. The van der Waals surface area contributed by atoms with E-state index in [1.807, 2.05) is 0 Å². The minimum Gasteiger partial charge on any atom is -0.766 e. The van der Waals surface area contributed by atoms with Gasteiger partial charge in [0.1, 0.15) is 0 Å². The monoisotopic (exact) mass is 207 g/mol. The van der Waals surface area contributed by atoms with Crippen LogP contribution in [-0.4, -0.2) is 8.76 Å². The van der Waals surface area contributed by atoms with E-state index in [2.05, 4.69) is 11.2 Å². The van der Waals surface area contributed by atoms with E-state index in [4.69, 9.17) is 11.6 Å². The molecule has 60 valence electrons. The Balaban J connectivity index is 3.20. The lowest BCUT2D eigenvalue weighted by Gasteiger charge is -2.09. The Morgan fingerprint density at radius 2 is 1.82 bits per heavy atom. The molecule has 0 saturated heterocycles. The first kappa shape index (κ1) is 8.93. The molecule has 0 saturated carbocycles. The summed E-state index contributed by atoms with van der Waals surface area (Å²) in [7, 11) is -3.49. The Bertz CT molecular complexity index is 341. The number of halogens is 1. The maximum Gasteiger partial charge on any atom is 0.0406 e. The van der Waals surface area contributed by atoms with Gasteiger partial charge in [-0.05, 0) is 44.2 Å². The molecule has 0 N–H and O–H groups in total. The van der Waals surface area contributed by atoms with E-state index in [0.717, 1.165) is 0 Å². The molecule has 1 rings (SSSR count). The molecule has 1 aromatic rings. The predicted octanol–water partition coefficient (Wildman–Crippen LogP) is 1.58. The molecule has 0 radical (unpaired) electrons. The zero-order valence-corrected chi connectivity index (χ0v) is 7.71. The summed E-state index contributed by atoms with van der Waals surface area (Å²) >= 11 is 9.76. The molecule has 0 heterocycles. The summed E-state index contributed by atoms with van der Waals surface area (Å²) in [5, 5.41) is 0.493. The summed E-state index contributed by atoms with van der Waals surface area (Å²) in [4.78, 5) is 0.108. The Labute approximate surface area is 74.7 Å². The van der Waals surface area contributed by atoms with Crippen molar-refractivity contribution in [3.8, 4) is 0 Å². The maximum absolute atomic E-state index is 10.7. The molecular weight excluding hydrogens is 204 g/mol. The lowest BCUT2D eigenvalue weighted by molar-refractivity contribution is 0.534. The average molecular weight is 208 g/mol. The van der Waals surface area contributed by atoms with Gasteiger partial charge < -0.3 is 4.55 Å². The van der Waals surface area contributed by atoms with Gasteiger partial charge in [0, 0.05) is 9.92 Å². The molecule has 0 fully saturated rings. The van der Waals surface area contributed by atoms with Crippen LogP contribution >= 0.6 is 11.6 Å². The first-order valence-corrected chi connectivity index (χ1v) is 5.50. The van der Waals surface area contributed by atoms with Crippen LogP contribution in [0.25, 0.3) is 0 Å². The first-order valence-electron chi connectivity index (χ1n) is 2.71. The number of hydrogen-bond acceptors (Lipinski definition) is 3. The second kappa shape index (κ2) is 3.06. The Morgan fingerprint density at radius 3 is 2.18 bits per heavy atom. The van der Waals surface area contributed by atoms with Crippen molar-refractivity contribution >= 4 is 31.6 Å². The van der Waals surface area contributed by atoms with E-state index >= 15 is 0 Å². The minimum atomic E-state index is -3.49. The molecule has 1 aromatic carbocycles. The van der Waals surface area contributed by atoms with Crippen molar-refractivity contribution in [2.24, 2.45) is 0 Å². The van der Waals surface area contributed by atoms with Gasteiger partial charge in [0.25, 0.3) is 0 Å². The molecule has 1 atom stereocenters. The zero-order valence-electron chi connectivity index (χ0n) is 5.32. The van der Waals surface area contributed by atoms with Crippen LogP contribution in [0.1, 0.15) is 0 Å². The number of hydrogen-bond donors (Lipinski definition) is 0. The van der Waals surface area contributed by atoms with Gasteiger partial charge in [0.2, 0.25) is 0 Å². The highest BCUT2D eigenvalue weighted by Crippen LogP contribution is 2.13. The Kier molecular flexibility index (Phi) is 2.49. The van der Waals surface area contributed by atoms with Gasteiger partial charge in [0.05, 0.1) is 0 Å². The van der Waals surface area contributed by atoms with Gasteiger partial charge >= 0.3 is 0 Å². The molecule has 2 nitrogen and oxygen atoms in total. The topological polar surface area (TPSA) is 40.1 Å². The predicted molar refractivity (Wildman–Crippen MR) is 46.0 cm³/mol. The van der Waals surface area contributed by atoms with Crippen molar-refractivity contribution < 1.29 is 8.76 Å². The normalized spacial score (nSPS) is 15.8. The molecule has 1 unspecified atom stereocenters. The third-order valence-electron chi connectivity index (χ3n) is 1.10. The standard InChI is InChI=1S/C6H5ClO2S2/c7-5-1-3-6(4-2-5)11(8,9)10/h1-4H,(H,8,9,10)/p-1. The lowest BCUT2D eigenvalue weighted by Crippen LogP contribution is -1.95. The summed E-state index contributed by atoms with van der Waals surface area (Å²) in [6.45, 7) is 0. The van der Waals surface area contributed by atoms with Crippen LogP contribution in [0, 0.1) is 0 Å². The average Bonchev–Trinajstić information content (AvgIpc) is 1.86. The van der Waals surface area contributed by atoms with Crippen molar-refractivity contribution in [2.75, 3.05) is 0 Å². The summed E-state index contributed by atoms with van der Waals surface area (Å²) in [6.07, 6.45) is 0. The van der Waals surface area contributed by atoms with Crippen LogP contribution in [0.3, 0.4) is 0 Å². The van der Waals surface area contributed by atoms with E-state index in [-0.39, 0.29) is 4.90 Å². The highest BCUT2D eigenvalue weighted by Gasteiger charge is 1.95. The van der Waals surface area contributed by atoms with Crippen LogP contribution in [0.15, 0.2) is 29.2 Å². The van der Waals surface area contributed by atoms with E-state index in [9.17, 15) is 8.76 Å². The van der Waals surface area contributed by atoms with E-state index < -0.39 is 8.77 Å². The smallest absolute Gasteiger partial charge is 0.0406 e. The summed E-state index contributed by atoms with van der Waals surface area (Å²) in [5.74, 6) is 0. The molecule has 0 aliphatic carbocycles. The van der Waals surface area contributed by atoms with Crippen molar-refractivity contribution in [2.45, 2.75) is 4.90 Å². The summed E-state index contributed by atoms with van der Waals surface area (Å²) in [6, 6.07) is 5.73. The Morgan fingerprint density at radius 1 is 1.36 bits per heavy atom. The lowest BCUT2D eigenvalue weighted by atomic mass is 10.4. The molecule has 0 amide bonds. The van der Waals surface area contributed by atoms with Crippen LogP contribution in [0.2, 0.25) is 5.02 Å². The SMILES string of the molecule is O=S([O-])(=S)c1ccc(Cl)cc1. The third kappa shape index (κ3) is 2.41. The third-order valence-corrected chi connectivity index (χ3v) is 2.78. The first-order chi connectivity index (χ1) is 5.00. The second-order valence-electron chi connectivity index (χ2n) is 1.91. The van der Waals surface area contributed by atoms with Gasteiger partial charge in [0.15, 0.2) is 0 Å². The maximum atomic E-state index is 10.7. The van der Waals surface area contributed by atoms with Crippen LogP contribution < -0.4 is 0 Å². The summed E-state index contributed by atoms with van der Waals surface area (Å²) < 4.78 is 21.4. The molecule has 11 heavy (non-hydrogen) atoms. The zero-order chi connectivity index (χ0) is 8.48. The van der Waals surface area contributed by atoms with E-state index in [0.29, 0.717) is 5.02 Å². The number of rotatable bonds is 1. The Hall–Kier alpha value is -0.160. The van der Waals surface area contributed by atoms with Gasteiger partial charge in [-0.1, -0.05) is 11.6 Å². The fraction of sp³-hybridized carbons (Fsp3) is 0. The molecule has 0 bridgehead atoms. The van der Waals surface area contributed by atoms with E-state index in [1.165, 1.54) is 24.3 Å². The molecular formula is C6H4ClO2S2-. The highest BCUT2D eigenvalue weighted by molar-refractivity contribution is 8.29. The van der Waals surface area contributed by atoms with Gasteiger partial charge in [-0.15, -0.1) is 0 Å². The second-order valence-corrected chi connectivity index (χ2v) is 5.04. The van der Waals surface area contributed by atoms with Gasteiger partial charge in [-0.3, -0.25) is 4.21 Å². The molecule has 0 aromatic heterocycles. The van der Waals surface area contributed by atoms with E-state index in [1.54, 1.807) is 0 Å². The van der Waals surface area contributed by atoms with Crippen LogP contribution in [0.5, 0.6) is 0 Å². The highest BCUT2D eigenvalue weighted by atomic mass is 35.5. The number of benzene rings is 1. The molecule has 5 heteroatoms. The van der Waals surface area contributed by atoms with Crippen LogP contribution in [0.4, 0.5) is 0 Å². The van der Waals surface area contributed by atoms with Crippen molar-refractivity contribution in [1.82, 2.24) is 0 Å². The fourth-order valence-electron chi connectivity index (χ4n) is 0.601. The van der Waals surface area contributed by atoms with Crippen LogP contribution in [-0.2, 0) is 20.0 Å². The largest absolute Gasteiger partial charge is 0.766 e. The minimum absolute atomic E-state index is 0.108. The molecule has 0 aliphatic heterocycles. The van der Waals surface area contributed by atoms with Gasteiger partial charge in [-0.25, -0.2) is 0 Å². The molecule has 0 spiro atoms. The quantitative estimate of drug-likeness (QED) is 0.702. The van der Waals surface area contributed by atoms with Crippen molar-refractivity contribution in [3.63, 3.8) is 0 Å². The van der Waals surface area contributed by atoms with Gasteiger partial charge in [-0.2, -0.15) is 0 Å². The summed E-state index contributed by atoms with van der Waals surface area (Å²) in [5.41, 5.74) is 0. The fourth-order valence-corrected chi connectivity index (χ4v) is 1.53. The van der Waals surface area contributed by atoms with Crippen molar-refractivity contribution in [3.05, 3.63) is 29.3 Å². The van der Waals surface area contributed by atoms with Crippen molar-refractivity contribution in [1.29, 1.82) is 0 Å².